The highest BCUT2D eigenvalue weighted by Gasteiger charge is 2.24. The maximum atomic E-state index is 9.11. The molecule has 1 aromatic heterocycles. The number of thiophene rings is 1. The molecule has 0 aliphatic rings. The first-order chi connectivity index (χ1) is 6.61. The molecule has 3 N–H and O–H groups in total. The maximum absolute atomic E-state index is 9.11. The molecule has 1 heterocycles. The summed E-state index contributed by atoms with van der Waals surface area (Å²) in [5.74, 6) is 0. The first kappa shape index (κ1) is 11.7. The lowest BCUT2D eigenvalue weighted by molar-refractivity contribution is 0.0961. The molecule has 0 aliphatic heterocycles. The summed E-state index contributed by atoms with van der Waals surface area (Å²) in [5.41, 5.74) is -0.608. The van der Waals surface area contributed by atoms with Crippen LogP contribution in [0.1, 0.15) is 24.8 Å². The molecule has 0 spiro atoms. The van der Waals surface area contributed by atoms with E-state index in [0.29, 0.717) is 0 Å². The largest absolute Gasteiger partial charge is 0.394 e. The molecule has 0 aromatic carbocycles. The molecule has 0 radical (unpaired) electrons. The van der Waals surface area contributed by atoms with Crippen molar-refractivity contribution in [3.63, 3.8) is 0 Å². The van der Waals surface area contributed by atoms with Crippen molar-refractivity contribution in [2.75, 3.05) is 13.2 Å². The fraction of sp³-hybridized carbons (Fsp3) is 0.600. The Labute approximate surface area is 88.4 Å². The molecule has 0 fully saturated rings. The topological polar surface area (TPSA) is 52.5 Å². The van der Waals surface area contributed by atoms with Gasteiger partial charge in [0.05, 0.1) is 18.8 Å². The normalized spacial score (nSPS) is 14.3. The Kier molecular flexibility index (Phi) is 4.07. The highest BCUT2D eigenvalue weighted by molar-refractivity contribution is 7.10. The number of rotatable bonds is 5. The van der Waals surface area contributed by atoms with E-state index in [2.05, 4.69) is 5.32 Å². The molecule has 0 amide bonds. The molecule has 0 saturated heterocycles. The van der Waals surface area contributed by atoms with Gasteiger partial charge in [-0.3, -0.25) is 0 Å². The Bertz CT molecular complexity index is 257. The molecule has 80 valence electrons. The van der Waals surface area contributed by atoms with Crippen LogP contribution in [0.4, 0.5) is 0 Å². The number of hydrogen-bond donors (Lipinski definition) is 3. The highest BCUT2D eigenvalue weighted by Crippen LogP contribution is 2.20. The van der Waals surface area contributed by atoms with Crippen LogP contribution in [0.15, 0.2) is 17.5 Å². The Morgan fingerprint density at radius 3 is 2.57 bits per heavy atom. The third kappa shape index (κ3) is 2.78. The standard InChI is InChI=1S/C10H17NO2S/c1-8(9-4-3-5-14-9)11-10(2,6-12)7-13/h3-5,8,11-13H,6-7H2,1-2H3. The van der Waals surface area contributed by atoms with Crippen LogP contribution in [0.2, 0.25) is 0 Å². The van der Waals surface area contributed by atoms with Gasteiger partial charge in [-0.15, -0.1) is 11.3 Å². The Balaban J connectivity index is 2.60. The van der Waals surface area contributed by atoms with Crippen molar-refractivity contribution in [2.45, 2.75) is 25.4 Å². The zero-order valence-corrected chi connectivity index (χ0v) is 9.34. The minimum atomic E-state index is -0.608. The smallest absolute Gasteiger partial charge is 0.0633 e. The second-order valence-corrected chi connectivity index (χ2v) is 4.74. The van der Waals surface area contributed by atoms with Crippen molar-refractivity contribution in [2.24, 2.45) is 0 Å². The first-order valence-corrected chi connectivity index (χ1v) is 5.52. The highest BCUT2D eigenvalue weighted by atomic mass is 32.1. The van der Waals surface area contributed by atoms with Gasteiger partial charge in [-0.25, -0.2) is 0 Å². The maximum Gasteiger partial charge on any atom is 0.0633 e. The SMILES string of the molecule is CC(NC(C)(CO)CO)c1cccs1. The van der Waals surface area contributed by atoms with E-state index in [1.807, 2.05) is 24.4 Å². The van der Waals surface area contributed by atoms with Gasteiger partial charge in [-0.2, -0.15) is 0 Å². The van der Waals surface area contributed by atoms with Crippen LogP contribution in [0.3, 0.4) is 0 Å². The summed E-state index contributed by atoms with van der Waals surface area (Å²) in [6.07, 6.45) is 0. The summed E-state index contributed by atoms with van der Waals surface area (Å²) in [7, 11) is 0. The summed E-state index contributed by atoms with van der Waals surface area (Å²) in [4.78, 5) is 1.21. The third-order valence-electron chi connectivity index (χ3n) is 2.23. The summed E-state index contributed by atoms with van der Waals surface area (Å²) in [6.45, 7) is 3.69. The van der Waals surface area contributed by atoms with Crippen molar-refractivity contribution >= 4 is 11.3 Å². The van der Waals surface area contributed by atoms with E-state index in [0.717, 1.165) is 0 Å². The first-order valence-electron chi connectivity index (χ1n) is 4.64. The minimum absolute atomic E-state index is 0.0702. The molecule has 3 nitrogen and oxygen atoms in total. The number of hydrogen-bond acceptors (Lipinski definition) is 4. The molecule has 1 rings (SSSR count). The number of aliphatic hydroxyl groups is 2. The van der Waals surface area contributed by atoms with Crippen LogP contribution in [0.25, 0.3) is 0 Å². The van der Waals surface area contributed by atoms with Crippen molar-refractivity contribution in [1.29, 1.82) is 0 Å². The van der Waals surface area contributed by atoms with Crippen molar-refractivity contribution in [3.05, 3.63) is 22.4 Å². The van der Waals surface area contributed by atoms with Gasteiger partial charge >= 0.3 is 0 Å². The fourth-order valence-corrected chi connectivity index (χ4v) is 2.01. The van der Waals surface area contributed by atoms with Crippen molar-refractivity contribution < 1.29 is 10.2 Å². The van der Waals surface area contributed by atoms with Crippen molar-refractivity contribution in [1.82, 2.24) is 5.32 Å². The van der Waals surface area contributed by atoms with Crippen LogP contribution in [-0.4, -0.2) is 29.0 Å². The van der Waals surface area contributed by atoms with Crippen LogP contribution in [0.5, 0.6) is 0 Å². The van der Waals surface area contributed by atoms with E-state index in [1.165, 1.54) is 4.88 Å². The average Bonchev–Trinajstić information content (AvgIpc) is 2.70. The predicted molar refractivity (Wildman–Crippen MR) is 58.4 cm³/mol. The third-order valence-corrected chi connectivity index (χ3v) is 3.29. The van der Waals surface area contributed by atoms with Crippen LogP contribution < -0.4 is 5.32 Å². The molecule has 0 saturated carbocycles. The Hall–Kier alpha value is -0.420. The molecular weight excluding hydrogens is 198 g/mol. The summed E-state index contributed by atoms with van der Waals surface area (Å²) in [5, 5.41) is 23.4. The van der Waals surface area contributed by atoms with Crippen molar-refractivity contribution in [3.8, 4) is 0 Å². The quantitative estimate of drug-likeness (QED) is 0.690. The van der Waals surface area contributed by atoms with Gasteiger partial charge in [0.15, 0.2) is 0 Å². The van der Waals surface area contributed by atoms with Gasteiger partial charge in [0.2, 0.25) is 0 Å². The molecule has 1 aromatic rings. The van der Waals surface area contributed by atoms with E-state index in [9.17, 15) is 0 Å². The lowest BCUT2D eigenvalue weighted by Crippen LogP contribution is -2.49. The van der Waals surface area contributed by atoms with Crippen LogP contribution in [0, 0.1) is 0 Å². The molecule has 1 unspecified atom stereocenters. The Morgan fingerprint density at radius 2 is 2.14 bits per heavy atom. The molecule has 4 heteroatoms. The molecular formula is C10H17NO2S. The summed E-state index contributed by atoms with van der Waals surface area (Å²) >= 11 is 1.67. The predicted octanol–water partition coefficient (Wildman–Crippen LogP) is 1.14. The van der Waals surface area contributed by atoms with E-state index in [4.69, 9.17) is 10.2 Å². The summed E-state index contributed by atoms with van der Waals surface area (Å²) in [6, 6.07) is 4.18. The second kappa shape index (κ2) is 4.89. The fourth-order valence-electron chi connectivity index (χ4n) is 1.27. The van der Waals surface area contributed by atoms with E-state index >= 15 is 0 Å². The second-order valence-electron chi connectivity index (χ2n) is 3.76. The summed E-state index contributed by atoms with van der Waals surface area (Å²) < 4.78 is 0. The molecule has 14 heavy (non-hydrogen) atoms. The van der Waals surface area contributed by atoms with Gasteiger partial charge in [0.1, 0.15) is 0 Å². The van der Waals surface area contributed by atoms with E-state index in [-0.39, 0.29) is 19.3 Å². The zero-order chi connectivity index (χ0) is 10.6. The molecule has 0 bridgehead atoms. The lowest BCUT2D eigenvalue weighted by Gasteiger charge is -2.29. The monoisotopic (exact) mass is 215 g/mol. The van der Waals surface area contributed by atoms with Gasteiger partial charge in [-0.05, 0) is 25.3 Å². The van der Waals surface area contributed by atoms with Gasteiger partial charge in [-0.1, -0.05) is 6.07 Å². The van der Waals surface area contributed by atoms with Crippen LogP contribution >= 0.6 is 11.3 Å². The van der Waals surface area contributed by atoms with Gasteiger partial charge in [0, 0.05) is 10.9 Å². The number of nitrogens with one attached hydrogen (secondary N) is 1. The minimum Gasteiger partial charge on any atom is -0.394 e. The van der Waals surface area contributed by atoms with Gasteiger partial charge < -0.3 is 15.5 Å². The van der Waals surface area contributed by atoms with E-state index < -0.39 is 5.54 Å². The van der Waals surface area contributed by atoms with E-state index in [1.54, 1.807) is 18.3 Å². The molecule has 1 atom stereocenters. The lowest BCUT2D eigenvalue weighted by atomic mass is 10.0. The zero-order valence-electron chi connectivity index (χ0n) is 8.53. The molecule has 0 aliphatic carbocycles. The van der Waals surface area contributed by atoms with Crippen LogP contribution in [-0.2, 0) is 0 Å². The average molecular weight is 215 g/mol. The van der Waals surface area contributed by atoms with Gasteiger partial charge in [0.25, 0.3) is 0 Å². The number of aliphatic hydroxyl groups excluding tert-OH is 2. The Morgan fingerprint density at radius 1 is 1.50 bits per heavy atom.